The van der Waals surface area contributed by atoms with E-state index < -0.39 is 33.3 Å². The van der Waals surface area contributed by atoms with Crippen LogP contribution in [0.15, 0.2) is 22.8 Å². The van der Waals surface area contributed by atoms with Gasteiger partial charge in [-0.05, 0) is 33.6 Å². The summed E-state index contributed by atoms with van der Waals surface area (Å²) in [4.78, 5) is 12.6. The fraction of sp³-hybridized carbons (Fsp3) is 0.400. The van der Waals surface area contributed by atoms with Crippen molar-refractivity contribution in [1.82, 2.24) is 9.29 Å². The molecule has 144 valence electrons. The zero-order valence-electron chi connectivity index (χ0n) is 13.9. The third-order valence-electron chi connectivity index (χ3n) is 3.55. The maximum absolute atomic E-state index is 13.9. The molecular weight excluding hydrogens is 444 g/mol. The molecule has 0 aliphatic carbocycles. The van der Waals surface area contributed by atoms with Gasteiger partial charge in [0.1, 0.15) is 5.82 Å². The molecule has 11 heteroatoms. The van der Waals surface area contributed by atoms with Gasteiger partial charge in [-0.15, -0.1) is 0 Å². The molecule has 1 aromatic carbocycles. The molecule has 0 spiro atoms. The largest absolute Gasteiger partial charge is 0.511 e. The van der Waals surface area contributed by atoms with E-state index in [1.54, 1.807) is 20.8 Å². The summed E-state index contributed by atoms with van der Waals surface area (Å²) >= 11 is 3.00. The van der Waals surface area contributed by atoms with Gasteiger partial charge in [0.05, 0.1) is 9.99 Å². The minimum atomic E-state index is -5.57. The Balaban J connectivity index is 2.57. The molecule has 0 aliphatic heterocycles. The number of sulfonamides is 1. The third kappa shape index (κ3) is 3.94. The van der Waals surface area contributed by atoms with E-state index in [1.165, 1.54) is 21.6 Å². The van der Waals surface area contributed by atoms with Gasteiger partial charge in [-0.3, -0.25) is 9.36 Å². The number of nitrogens with one attached hydrogen (secondary N) is 1. The summed E-state index contributed by atoms with van der Waals surface area (Å²) in [5, 5.41) is 0.133. The molecule has 1 aromatic heterocycles. The maximum atomic E-state index is 13.9. The quantitative estimate of drug-likeness (QED) is 0.701. The average Bonchev–Trinajstić information content (AvgIpc) is 2.80. The fourth-order valence-corrected chi connectivity index (χ4v) is 3.05. The van der Waals surface area contributed by atoms with Crippen LogP contribution in [0.2, 0.25) is 0 Å². The van der Waals surface area contributed by atoms with Crippen LogP contribution in [0.25, 0.3) is 10.9 Å². The Hall–Kier alpha value is -1.46. The second-order valence-corrected chi connectivity index (χ2v) is 9.25. The minimum Gasteiger partial charge on any atom is -0.286 e. The number of nitrogens with zero attached hydrogens (tertiary/aromatic N) is 1. The van der Waals surface area contributed by atoms with Crippen LogP contribution in [0, 0.1) is 11.2 Å². The predicted molar refractivity (Wildman–Crippen MR) is 91.5 cm³/mol. The molecule has 0 amide bonds. The van der Waals surface area contributed by atoms with Crippen molar-refractivity contribution in [3.63, 3.8) is 0 Å². The Kier molecular flexibility index (Phi) is 5.30. The molecule has 26 heavy (non-hydrogen) atoms. The fourth-order valence-electron chi connectivity index (χ4n) is 2.21. The van der Waals surface area contributed by atoms with Gasteiger partial charge in [0.15, 0.2) is 0 Å². The van der Waals surface area contributed by atoms with E-state index in [0.717, 1.165) is 6.07 Å². The molecule has 5 nitrogen and oxygen atoms in total. The summed E-state index contributed by atoms with van der Waals surface area (Å²) < 4.78 is 76.4. The van der Waals surface area contributed by atoms with E-state index >= 15 is 0 Å². The number of hydrogen-bond donors (Lipinski definition) is 1. The molecule has 2 rings (SSSR count). The van der Waals surface area contributed by atoms with Gasteiger partial charge in [-0.2, -0.15) is 13.2 Å². The first-order chi connectivity index (χ1) is 11.6. The van der Waals surface area contributed by atoms with Crippen molar-refractivity contribution in [3.8, 4) is 0 Å². The van der Waals surface area contributed by atoms with E-state index in [2.05, 4.69) is 15.9 Å². The third-order valence-corrected chi connectivity index (χ3v) is 5.29. The van der Waals surface area contributed by atoms with E-state index in [1.807, 2.05) is 0 Å². The highest BCUT2D eigenvalue weighted by Gasteiger charge is 2.45. The van der Waals surface area contributed by atoms with Crippen molar-refractivity contribution in [2.24, 2.45) is 5.41 Å². The van der Waals surface area contributed by atoms with Gasteiger partial charge in [0.2, 0.25) is 5.91 Å². The molecule has 0 saturated carbocycles. The first-order valence-electron chi connectivity index (χ1n) is 7.25. The van der Waals surface area contributed by atoms with Crippen LogP contribution in [0.1, 0.15) is 31.1 Å². The standard InChI is InChI=1S/C15H15BrF4N2O3S/c1-14(2,3)13(23)22-7-8(6-21-26(24,25)15(18,19)20)9-4-11(17)10(16)5-12(9)22/h4-5,7,21H,6H2,1-3H3. The SMILES string of the molecule is CC(C)(C)C(=O)n1cc(CNS(=O)(=O)C(F)(F)F)c2cc(F)c(Br)cc21. The molecule has 1 N–H and O–H groups in total. The summed E-state index contributed by atoms with van der Waals surface area (Å²) in [7, 11) is -5.57. The monoisotopic (exact) mass is 458 g/mol. The highest BCUT2D eigenvalue weighted by Crippen LogP contribution is 2.30. The number of halogens is 5. The summed E-state index contributed by atoms with van der Waals surface area (Å²) in [6.07, 6.45) is 1.21. The lowest BCUT2D eigenvalue weighted by molar-refractivity contribution is -0.0448. The average molecular weight is 459 g/mol. The molecule has 0 atom stereocenters. The Morgan fingerprint density at radius 1 is 1.23 bits per heavy atom. The second-order valence-electron chi connectivity index (χ2n) is 6.63. The number of aromatic nitrogens is 1. The Morgan fingerprint density at radius 2 is 1.81 bits per heavy atom. The smallest absolute Gasteiger partial charge is 0.286 e. The maximum Gasteiger partial charge on any atom is 0.511 e. The first kappa shape index (κ1) is 20.8. The van der Waals surface area contributed by atoms with Crippen LogP contribution in [-0.2, 0) is 16.6 Å². The van der Waals surface area contributed by atoms with Gasteiger partial charge < -0.3 is 0 Å². The zero-order valence-corrected chi connectivity index (χ0v) is 16.3. The Labute approximate surface area is 155 Å². The number of benzene rings is 1. The number of alkyl halides is 3. The molecule has 2 aromatic rings. The first-order valence-corrected chi connectivity index (χ1v) is 9.52. The number of fused-ring (bicyclic) bond motifs is 1. The molecule has 0 unspecified atom stereocenters. The number of rotatable bonds is 3. The molecule has 1 heterocycles. The molecule has 0 saturated heterocycles. The highest BCUT2D eigenvalue weighted by atomic mass is 79.9. The van der Waals surface area contributed by atoms with Gasteiger partial charge in [-0.25, -0.2) is 17.5 Å². The Bertz CT molecular complexity index is 975. The molecule has 0 fully saturated rings. The highest BCUT2D eigenvalue weighted by molar-refractivity contribution is 9.10. The number of carbonyl (C=O) groups is 1. The van der Waals surface area contributed by atoms with E-state index in [-0.39, 0.29) is 26.8 Å². The van der Waals surface area contributed by atoms with E-state index in [9.17, 15) is 30.8 Å². The van der Waals surface area contributed by atoms with Crippen LogP contribution in [0.5, 0.6) is 0 Å². The van der Waals surface area contributed by atoms with Crippen LogP contribution in [-0.4, -0.2) is 24.4 Å². The summed E-state index contributed by atoms with van der Waals surface area (Å²) in [6.45, 7) is 4.19. The lowest BCUT2D eigenvalue weighted by atomic mass is 9.95. The van der Waals surface area contributed by atoms with Gasteiger partial charge in [-0.1, -0.05) is 20.8 Å². The van der Waals surface area contributed by atoms with Crippen molar-refractivity contribution in [3.05, 3.63) is 34.2 Å². The Morgan fingerprint density at radius 3 is 2.31 bits per heavy atom. The zero-order chi connectivity index (χ0) is 20.1. The van der Waals surface area contributed by atoms with Crippen molar-refractivity contribution >= 4 is 42.8 Å². The normalized spacial score (nSPS) is 13.4. The lowest BCUT2D eigenvalue weighted by Crippen LogP contribution is -2.36. The number of hydrogen-bond acceptors (Lipinski definition) is 3. The summed E-state index contributed by atoms with van der Waals surface area (Å²) in [5.74, 6) is -1.08. The van der Waals surface area contributed by atoms with Crippen molar-refractivity contribution in [2.75, 3.05) is 0 Å². The van der Waals surface area contributed by atoms with Crippen LogP contribution < -0.4 is 4.72 Å². The lowest BCUT2D eigenvalue weighted by Gasteiger charge is -2.17. The van der Waals surface area contributed by atoms with Gasteiger partial charge >= 0.3 is 15.5 Å². The number of carbonyl (C=O) groups excluding carboxylic acids is 1. The van der Waals surface area contributed by atoms with Gasteiger partial charge in [0.25, 0.3) is 0 Å². The van der Waals surface area contributed by atoms with Crippen molar-refractivity contribution < 1.29 is 30.8 Å². The summed E-state index contributed by atoms with van der Waals surface area (Å²) in [5.41, 5.74) is -6.01. The predicted octanol–water partition coefficient (Wildman–Crippen LogP) is 4.17. The summed E-state index contributed by atoms with van der Waals surface area (Å²) in [6, 6.07) is 2.35. The van der Waals surface area contributed by atoms with E-state index in [0.29, 0.717) is 0 Å². The molecule has 0 aliphatic rings. The van der Waals surface area contributed by atoms with Crippen molar-refractivity contribution in [2.45, 2.75) is 32.8 Å². The van der Waals surface area contributed by atoms with E-state index in [4.69, 9.17) is 0 Å². The second kappa shape index (κ2) is 6.61. The van der Waals surface area contributed by atoms with Gasteiger partial charge in [0, 0.05) is 23.5 Å². The molecule has 0 radical (unpaired) electrons. The molecular formula is C15H15BrF4N2O3S. The van der Waals surface area contributed by atoms with Crippen LogP contribution >= 0.6 is 15.9 Å². The van der Waals surface area contributed by atoms with Crippen LogP contribution in [0.4, 0.5) is 17.6 Å². The topological polar surface area (TPSA) is 68.2 Å². The van der Waals surface area contributed by atoms with Crippen molar-refractivity contribution in [1.29, 1.82) is 0 Å². The van der Waals surface area contributed by atoms with Crippen LogP contribution in [0.3, 0.4) is 0 Å². The minimum absolute atomic E-state index is 0.0387. The molecule has 0 bridgehead atoms.